The van der Waals surface area contributed by atoms with Crippen LogP contribution < -0.4 is 0 Å². The predicted octanol–water partition coefficient (Wildman–Crippen LogP) is -0.875. The minimum absolute atomic E-state index is 0.156. The van der Waals surface area contributed by atoms with Crippen molar-refractivity contribution in [2.24, 2.45) is 10.8 Å². The van der Waals surface area contributed by atoms with Gasteiger partial charge in [0.2, 0.25) is 0 Å². The third kappa shape index (κ3) is 9.68. The topological polar surface area (TPSA) is 134 Å². The molecule has 1 atom stereocenters. The molecule has 7 nitrogen and oxygen atoms in total. The molecule has 0 amide bonds. The fraction of sp³-hybridized carbons (Fsp3) is 1.00. The van der Waals surface area contributed by atoms with Crippen LogP contribution >= 0.6 is 0 Å². The van der Waals surface area contributed by atoms with Gasteiger partial charge in [-0.2, -0.15) is 0 Å². The van der Waals surface area contributed by atoms with Crippen molar-refractivity contribution >= 4 is 0 Å². The second kappa shape index (κ2) is 13.2. The molecule has 22 heavy (non-hydrogen) atoms. The molecule has 0 aromatic heterocycles. The molecular formula is C15H34O7. The number of ether oxygens (including phenoxy) is 1. The number of hydrogen-bond acceptors (Lipinski definition) is 7. The molecule has 1 saturated heterocycles. The molecule has 1 aliphatic heterocycles. The minimum Gasteiger partial charge on any atom is -0.396 e. The maximum atomic E-state index is 8.66. The van der Waals surface area contributed by atoms with Gasteiger partial charge in [-0.25, -0.2) is 0 Å². The summed E-state index contributed by atoms with van der Waals surface area (Å²) in [6.07, 6.45) is 1.77. The summed E-state index contributed by atoms with van der Waals surface area (Å²) in [6.45, 7) is 5.75. The summed E-state index contributed by atoms with van der Waals surface area (Å²) in [5.74, 6) is 0. The highest BCUT2D eigenvalue weighted by Crippen LogP contribution is 2.18. The zero-order valence-electron chi connectivity index (χ0n) is 14.0. The van der Waals surface area contributed by atoms with E-state index in [1.54, 1.807) is 0 Å². The molecule has 1 rings (SSSR count). The number of epoxide rings is 1. The summed E-state index contributed by atoms with van der Waals surface area (Å²) in [5.41, 5.74) is -1.33. The van der Waals surface area contributed by atoms with E-state index in [0.29, 0.717) is 18.9 Å². The molecule has 0 spiro atoms. The molecule has 0 aromatic carbocycles. The predicted molar refractivity (Wildman–Crippen MR) is 83.4 cm³/mol. The maximum absolute atomic E-state index is 8.66. The summed E-state index contributed by atoms with van der Waals surface area (Å²) < 4.78 is 4.71. The largest absolute Gasteiger partial charge is 0.396 e. The molecule has 1 fully saturated rings. The van der Waals surface area contributed by atoms with E-state index >= 15 is 0 Å². The molecule has 0 aliphatic carbocycles. The Kier molecular flexibility index (Phi) is 14.4. The first-order valence-electron chi connectivity index (χ1n) is 7.65. The van der Waals surface area contributed by atoms with Crippen LogP contribution in [0.4, 0.5) is 0 Å². The molecule has 0 radical (unpaired) electrons. The first-order valence-corrected chi connectivity index (χ1v) is 7.65. The van der Waals surface area contributed by atoms with E-state index in [4.69, 9.17) is 35.4 Å². The lowest BCUT2D eigenvalue weighted by molar-refractivity contribution is 0.00275. The Bertz CT molecular complexity index is 181. The molecule has 1 heterocycles. The SMILES string of the molecule is CC1CO1.CCC(CO)(CO)CO.CCC(CO)(CO)CO. The van der Waals surface area contributed by atoms with Crippen molar-refractivity contribution in [3.05, 3.63) is 0 Å². The lowest BCUT2D eigenvalue weighted by Crippen LogP contribution is -2.32. The van der Waals surface area contributed by atoms with E-state index in [2.05, 4.69) is 6.92 Å². The Hall–Kier alpha value is -0.280. The fourth-order valence-corrected chi connectivity index (χ4v) is 1.07. The Labute approximate surface area is 133 Å². The summed E-state index contributed by atoms with van der Waals surface area (Å²) in [4.78, 5) is 0. The molecule has 1 aliphatic rings. The standard InChI is InChI=1S/2C6H14O3.C3H6O/c2*1-2-6(3-7,4-8)5-9;1-3-2-4-3/h2*7-9H,2-5H2,1H3;3H,2H2,1H3. The lowest BCUT2D eigenvalue weighted by atomic mass is 9.88. The van der Waals surface area contributed by atoms with E-state index in [0.717, 1.165) is 6.61 Å². The van der Waals surface area contributed by atoms with Crippen LogP contribution in [0.3, 0.4) is 0 Å². The van der Waals surface area contributed by atoms with Crippen molar-refractivity contribution in [2.45, 2.75) is 39.7 Å². The average molecular weight is 326 g/mol. The highest BCUT2D eigenvalue weighted by atomic mass is 16.6. The monoisotopic (exact) mass is 326 g/mol. The van der Waals surface area contributed by atoms with Crippen molar-refractivity contribution in [3.63, 3.8) is 0 Å². The zero-order chi connectivity index (χ0) is 17.6. The molecular weight excluding hydrogens is 292 g/mol. The average Bonchev–Trinajstić information content (AvgIpc) is 3.36. The second-order valence-corrected chi connectivity index (χ2v) is 5.80. The highest BCUT2D eigenvalue weighted by Gasteiger charge is 2.25. The fourth-order valence-electron chi connectivity index (χ4n) is 1.07. The van der Waals surface area contributed by atoms with Crippen molar-refractivity contribution < 1.29 is 35.4 Å². The highest BCUT2D eigenvalue weighted by molar-refractivity contribution is 4.74. The summed E-state index contributed by atoms with van der Waals surface area (Å²) in [5, 5.41) is 51.9. The van der Waals surface area contributed by atoms with Gasteiger partial charge in [0, 0.05) is 10.8 Å². The van der Waals surface area contributed by atoms with Crippen LogP contribution in [0.15, 0.2) is 0 Å². The van der Waals surface area contributed by atoms with Crippen LogP contribution in [0.2, 0.25) is 0 Å². The lowest BCUT2D eigenvalue weighted by Gasteiger charge is -2.24. The molecule has 136 valence electrons. The van der Waals surface area contributed by atoms with Gasteiger partial charge in [0.25, 0.3) is 0 Å². The number of aliphatic hydroxyl groups is 6. The first-order chi connectivity index (χ1) is 10.4. The van der Waals surface area contributed by atoms with Crippen LogP contribution in [0.25, 0.3) is 0 Å². The molecule has 0 saturated carbocycles. The van der Waals surface area contributed by atoms with Crippen molar-refractivity contribution in [1.29, 1.82) is 0 Å². The smallest absolute Gasteiger partial charge is 0.0781 e. The Balaban J connectivity index is 0. The van der Waals surface area contributed by atoms with Gasteiger partial charge in [-0.05, 0) is 19.8 Å². The molecule has 7 heteroatoms. The van der Waals surface area contributed by atoms with E-state index < -0.39 is 10.8 Å². The summed E-state index contributed by atoms with van der Waals surface area (Å²) in [7, 11) is 0. The summed E-state index contributed by atoms with van der Waals surface area (Å²) >= 11 is 0. The van der Waals surface area contributed by atoms with Gasteiger partial charge in [0.15, 0.2) is 0 Å². The molecule has 6 N–H and O–H groups in total. The van der Waals surface area contributed by atoms with E-state index in [1.165, 1.54) is 0 Å². The molecule has 0 aromatic rings. The first kappa shape index (κ1) is 24.0. The van der Waals surface area contributed by atoms with Gasteiger partial charge in [0.05, 0.1) is 52.4 Å². The second-order valence-electron chi connectivity index (χ2n) is 5.80. The Morgan fingerprint density at radius 1 is 0.727 bits per heavy atom. The van der Waals surface area contributed by atoms with E-state index in [-0.39, 0.29) is 39.6 Å². The third-order valence-electron chi connectivity index (χ3n) is 4.01. The van der Waals surface area contributed by atoms with E-state index in [1.807, 2.05) is 13.8 Å². The van der Waals surface area contributed by atoms with Crippen LogP contribution in [0, 0.1) is 10.8 Å². The normalized spacial score (nSPS) is 17.0. The molecule has 1 unspecified atom stereocenters. The quantitative estimate of drug-likeness (QED) is 0.319. The van der Waals surface area contributed by atoms with Crippen LogP contribution in [-0.2, 0) is 4.74 Å². The number of aliphatic hydroxyl groups excluding tert-OH is 6. The molecule has 0 bridgehead atoms. The Morgan fingerprint density at radius 3 is 0.909 bits per heavy atom. The number of hydrogen-bond donors (Lipinski definition) is 6. The van der Waals surface area contributed by atoms with Crippen LogP contribution in [0.1, 0.15) is 33.6 Å². The van der Waals surface area contributed by atoms with Crippen LogP contribution in [0.5, 0.6) is 0 Å². The van der Waals surface area contributed by atoms with Gasteiger partial charge < -0.3 is 35.4 Å². The van der Waals surface area contributed by atoms with Gasteiger partial charge in [-0.3, -0.25) is 0 Å². The van der Waals surface area contributed by atoms with Crippen molar-refractivity contribution in [1.82, 2.24) is 0 Å². The third-order valence-corrected chi connectivity index (χ3v) is 4.01. The maximum Gasteiger partial charge on any atom is 0.0781 e. The number of rotatable bonds is 8. The van der Waals surface area contributed by atoms with E-state index in [9.17, 15) is 0 Å². The Morgan fingerprint density at radius 2 is 0.909 bits per heavy atom. The summed E-state index contributed by atoms with van der Waals surface area (Å²) in [6, 6.07) is 0. The van der Waals surface area contributed by atoms with Gasteiger partial charge in [-0.1, -0.05) is 13.8 Å². The van der Waals surface area contributed by atoms with Gasteiger partial charge in [-0.15, -0.1) is 0 Å². The van der Waals surface area contributed by atoms with Gasteiger partial charge in [0.1, 0.15) is 0 Å². The van der Waals surface area contributed by atoms with Crippen molar-refractivity contribution in [3.8, 4) is 0 Å². The van der Waals surface area contributed by atoms with Gasteiger partial charge >= 0.3 is 0 Å². The zero-order valence-corrected chi connectivity index (χ0v) is 14.0. The van der Waals surface area contributed by atoms with Crippen LogP contribution in [-0.4, -0.2) is 83.0 Å². The van der Waals surface area contributed by atoms with Crippen molar-refractivity contribution in [2.75, 3.05) is 46.2 Å². The minimum atomic E-state index is -0.667.